The number of anilines is 1. The number of rotatable bonds is 4. The molecule has 4 aromatic rings. The van der Waals surface area contributed by atoms with Crippen LogP contribution in [0.25, 0.3) is 22.4 Å². The highest BCUT2D eigenvalue weighted by Crippen LogP contribution is 2.28. The molecule has 0 saturated carbocycles. The molecule has 4 rings (SSSR count). The predicted octanol–water partition coefficient (Wildman–Crippen LogP) is 4.21. The van der Waals surface area contributed by atoms with Gasteiger partial charge in [0.2, 0.25) is 0 Å². The highest BCUT2D eigenvalue weighted by molar-refractivity contribution is 7.17. The van der Waals surface area contributed by atoms with E-state index in [0.717, 1.165) is 16.7 Å². The van der Waals surface area contributed by atoms with Gasteiger partial charge < -0.3 is 9.32 Å². The summed E-state index contributed by atoms with van der Waals surface area (Å²) in [7, 11) is 3.36. The van der Waals surface area contributed by atoms with Crippen molar-refractivity contribution in [2.24, 2.45) is 0 Å². The zero-order valence-corrected chi connectivity index (χ0v) is 16.9. The van der Waals surface area contributed by atoms with Crippen molar-refractivity contribution in [3.05, 3.63) is 64.9 Å². The number of hydrogen-bond acceptors (Lipinski definition) is 6. The summed E-state index contributed by atoms with van der Waals surface area (Å²) in [4.78, 5) is 36.2. The van der Waals surface area contributed by atoms with Gasteiger partial charge in [-0.05, 0) is 31.2 Å². The molecule has 0 bridgehead atoms. The van der Waals surface area contributed by atoms with Crippen molar-refractivity contribution >= 4 is 39.2 Å². The molecule has 0 spiro atoms. The van der Waals surface area contributed by atoms with E-state index in [-0.39, 0.29) is 11.8 Å². The van der Waals surface area contributed by atoms with Gasteiger partial charge in [0.1, 0.15) is 10.6 Å². The van der Waals surface area contributed by atoms with Crippen LogP contribution in [-0.4, -0.2) is 40.8 Å². The molecule has 0 radical (unpaired) electrons. The van der Waals surface area contributed by atoms with Crippen molar-refractivity contribution in [3.63, 3.8) is 0 Å². The molecule has 7 nitrogen and oxygen atoms in total. The number of carbonyl (C=O) groups excluding carboxylic acids is 2. The molecule has 0 fully saturated rings. The SMILES string of the molecule is Cc1nc(NC(=O)c2cc(-c3ccco3)nc3ccccc23)sc1C(=O)N(C)C. The average Bonchev–Trinajstić information content (AvgIpc) is 3.36. The van der Waals surface area contributed by atoms with Gasteiger partial charge in [-0.2, -0.15) is 0 Å². The molecule has 0 aliphatic heterocycles. The molecule has 0 atom stereocenters. The van der Waals surface area contributed by atoms with Crippen LogP contribution in [0.2, 0.25) is 0 Å². The van der Waals surface area contributed by atoms with Crippen LogP contribution in [0.3, 0.4) is 0 Å². The first kappa shape index (κ1) is 18.8. The van der Waals surface area contributed by atoms with Crippen LogP contribution in [-0.2, 0) is 0 Å². The van der Waals surface area contributed by atoms with Gasteiger partial charge in [0.15, 0.2) is 10.9 Å². The number of aromatic nitrogens is 2. The van der Waals surface area contributed by atoms with Crippen LogP contribution < -0.4 is 5.32 Å². The van der Waals surface area contributed by atoms with Crippen molar-refractivity contribution in [1.82, 2.24) is 14.9 Å². The van der Waals surface area contributed by atoms with E-state index in [0.29, 0.717) is 38.2 Å². The van der Waals surface area contributed by atoms with Crippen molar-refractivity contribution in [2.75, 3.05) is 19.4 Å². The zero-order valence-electron chi connectivity index (χ0n) is 16.1. The Bertz CT molecular complexity index is 1210. The van der Waals surface area contributed by atoms with Gasteiger partial charge in [0.25, 0.3) is 11.8 Å². The quantitative estimate of drug-likeness (QED) is 0.548. The second kappa shape index (κ2) is 7.48. The maximum absolute atomic E-state index is 13.1. The van der Waals surface area contributed by atoms with E-state index >= 15 is 0 Å². The maximum atomic E-state index is 13.1. The Hall–Kier alpha value is -3.52. The number of fused-ring (bicyclic) bond motifs is 1. The second-order valence-corrected chi connectivity index (χ2v) is 7.64. The molecule has 3 heterocycles. The first-order valence-electron chi connectivity index (χ1n) is 8.88. The summed E-state index contributed by atoms with van der Waals surface area (Å²) in [5.74, 6) is 0.109. The van der Waals surface area contributed by atoms with Crippen molar-refractivity contribution in [2.45, 2.75) is 6.92 Å². The Kier molecular flexibility index (Phi) is 4.85. The van der Waals surface area contributed by atoms with Gasteiger partial charge in [0.05, 0.1) is 23.0 Å². The van der Waals surface area contributed by atoms with E-state index in [1.165, 1.54) is 4.90 Å². The molecule has 29 heavy (non-hydrogen) atoms. The summed E-state index contributed by atoms with van der Waals surface area (Å²) in [5, 5.41) is 3.91. The lowest BCUT2D eigenvalue weighted by molar-refractivity contribution is 0.0831. The third-order valence-corrected chi connectivity index (χ3v) is 5.41. The van der Waals surface area contributed by atoms with E-state index in [1.807, 2.05) is 24.3 Å². The summed E-state index contributed by atoms with van der Waals surface area (Å²) in [6.07, 6.45) is 1.56. The molecular weight excluding hydrogens is 388 g/mol. The van der Waals surface area contributed by atoms with Crippen LogP contribution in [0.4, 0.5) is 5.13 Å². The third-order valence-electron chi connectivity index (χ3n) is 4.35. The lowest BCUT2D eigenvalue weighted by Crippen LogP contribution is -2.21. The Morgan fingerprint density at radius 3 is 2.62 bits per heavy atom. The van der Waals surface area contributed by atoms with Crippen molar-refractivity contribution < 1.29 is 14.0 Å². The van der Waals surface area contributed by atoms with Crippen LogP contribution in [0.1, 0.15) is 25.7 Å². The average molecular weight is 406 g/mol. The maximum Gasteiger partial charge on any atom is 0.265 e. The Morgan fingerprint density at radius 1 is 1.10 bits per heavy atom. The summed E-state index contributed by atoms with van der Waals surface area (Å²) in [6, 6.07) is 12.7. The monoisotopic (exact) mass is 406 g/mol. The first-order chi connectivity index (χ1) is 13.9. The molecule has 0 unspecified atom stereocenters. The minimum atomic E-state index is -0.325. The number of aryl methyl sites for hydroxylation is 1. The molecule has 3 aromatic heterocycles. The van der Waals surface area contributed by atoms with Gasteiger partial charge in [-0.1, -0.05) is 29.5 Å². The number of furan rings is 1. The van der Waals surface area contributed by atoms with E-state index in [9.17, 15) is 9.59 Å². The normalized spacial score (nSPS) is 10.9. The number of thiazole rings is 1. The van der Waals surface area contributed by atoms with Crippen LogP contribution in [0, 0.1) is 6.92 Å². The number of pyridine rings is 1. The molecule has 1 aromatic carbocycles. The van der Waals surface area contributed by atoms with Gasteiger partial charge >= 0.3 is 0 Å². The summed E-state index contributed by atoms with van der Waals surface area (Å²) in [5.41, 5.74) is 2.29. The highest BCUT2D eigenvalue weighted by Gasteiger charge is 2.20. The van der Waals surface area contributed by atoms with E-state index in [1.54, 1.807) is 45.5 Å². The number of amides is 2. The molecule has 0 saturated heterocycles. The van der Waals surface area contributed by atoms with Gasteiger partial charge in [-0.3, -0.25) is 14.9 Å². The first-order valence-corrected chi connectivity index (χ1v) is 9.70. The van der Waals surface area contributed by atoms with Crippen LogP contribution in [0.15, 0.2) is 53.1 Å². The van der Waals surface area contributed by atoms with Gasteiger partial charge in [-0.15, -0.1) is 0 Å². The Balaban J connectivity index is 1.72. The number of benzene rings is 1. The smallest absolute Gasteiger partial charge is 0.265 e. The predicted molar refractivity (Wildman–Crippen MR) is 112 cm³/mol. The lowest BCUT2D eigenvalue weighted by Gasteiger charge is -2.08. The number of nitrogens with zero attached hydrogens (tertiary/aromatic N) is 3. The lowest BCUT2D eigenvalue weighted by atomic mass is 10.1. The Morgan fingerprint density at radius 2 is 1.90 bits per heavy atom. The number of nitrogens with one attached hydrogen (secondary N) is 1. The fourth-order valence-corrected chi connectivity index (χ4v) is 3.91. The van der Waals surface area contributed by atoms with Gasteiger partial charge in [0, 0.05) is 19.5 Å². The molecule has 2 amide bonds. The molecule has 0 aliphatic carbocycles. The van der Waals surface area contributed by atoms with E-state index in [4.69, 9.17) is 4.42 Å². The topological polar surface area (TPSA) is 88.3 Å². The number of para-hydroxylation sites is 1. The summed E-state index contributed by atoms with van der Waals surface area (Å²) < 4.78 is 5.44. The van der Waals surface area contributed by atoms with Crippen LogP contribution in [0.5, 0.6) is 0 Å². The third kappa shape index (κ3) is 3.62. The number of carbonyl (C=O) groups is 2. The second-order valence-electron chi connectivity index (χ2n) is 6.64. The minimum Gasteiger partial charge on any atom is -0.463 e. The zero-order chi connectivity index (χ0) is 20.5. The van der Waals surface area contributed by atoms with Crippen LogP contribution >= 0.6 is 11.3 Å². The molecule has 8 heteroatoms. The summed E-state index contributed by atoms with van der Waals surface area (Å²) >= 11 is 1.16. The van der Waals surface area contributed by atoms with Crippen molar-refractivity contribution in [1.29, 1.82) is 0 Å². The largest absolute Gasteiger partial charge is 0.463 e. The molecule has 146 valence electrons. The van der Waals surface area contributed by atoms with E-state index in [2.05, 4.69) is 15.3 Å². The molecular formula is C21H18N4O3S. The molecule has 1 N–H and O–H groups in total. The fraction of sp³-hybridized carbons (Fsp3) is 0.143. The van der Waals surface area contributed by atoms with Crippen molar-refractivity contribution in [3.8, 4) is 11.5 Å². The minimum absolute atomic E-state index is 0.144. The van der Waals surface area contributed by atoms with Gasteiger partial charge in [-0.25, -0.2) is 9.97 Å². The van der Waals surface area contributed by atoms with E-state index < -0.39 is 0 Å². The summed E-state index contributed by atoms with van der Waals surface area (Å²) in [6.45, 7) is 1.75. The highest BCUT2D eigenvalue weighted by atomic mass is 32.1. The fourth-order valence-electron chi connectivity index (χ4n) is 2.93. The molecule has 0 aliphatic rings. The number of hydrogen-bond donors (Lipinski definition) is 1. The Labute approximate surface area is 171 Å². The standard InChI is InChI=1S/C21H18N4O3S/c1-12-18(20(27)25(2)3)29-21(22-12)24-19(26)14-11-16(17-9-6-10-28-17)23-15-8-5-4-7-13(14)15/h4-11H,1-3H3,(H,22,24,26).